The molecule has 22 heavy (non-hydrogen) atoms. The van der Waals surface area contributed by atoms with E-state index in [1.807, 2.05) is 0 Å². The third kappa shape index (κ3) is 6.57. The standard InChI is InChI=1S/C14H18BrNO5S/c1-2-16(7-6-14(18)19)13(17)10-22(20,21)9-11-4-3-5-12(15)8-11/h3-5,8H,2,6-7,9-10H2,1H3,(H,18,19). The summed E-state index contributed by atoms with van der Waals surface area (Å²) in [6.45, 7) is 1.97. The molecule has 1 rings (SSSR count). The molecule has 1 aromatic carbocycles. The lowest BCUT2D eigenvalue weighted by atomic mass is 10.2. The highest BCUT2D eigenvalue weighted by Crippen LogP contribution is 2.14. The molecule has 122 valence electrons. The molecule has 0 aliphatic rings. The molecule has 0 aliphatic heterocycles. The molecule has 0 fully saturated rings. The van der Waals surface area contributed by atoms with E-state index in [1.54, 1.807) is 31.2 Å². The topological polar surface area (TPSA) is 91.8 Å². The Morgan fingerprint density at radius 1 is 1.32 bits per heavy atom. The van der Waals surface area contributed by atoms with E-state index in [1.165, 1.54) is 4.90 Å². The quantitative estimate of drug-likeness (QED) is 0.727. The van der Waals surface area contributed by atoms with Crippen LogP contribution in [-0.2, 0) is 25.2 Å². The van der Waals surface area contributed by atoms with Crippen molar-refractivity contribution in [3.05, 3.63) is 34.3 Å². The summed E-state index contributed by atoms with van der Waals surface area (Å²) >= 11 is 3.26. The maximum Gasteiger partial charge on any atom is 0.305 e. The fourth-order valence-electron chi connectivity index (χ4n) is 1.90. The Bertz CT molecular complexity index is 644. The monoisotopic (exact) mass is 391 g/mol. The molecular formula is C14H18BrNO5S. The molecule has 8 heteroatoms. The maximum atomic E-state index is 12.1. The Balaban J connectivity index is 2.69. The zero-order chi connectivity index (χ0) is 16.8. The van der Waals surface area contributed by atoms with Gasteiger partial charge >= 0.3 is 5.97 Å². The van der Waals surface area contributed by atoms with Crippen LogP contribution in [0.4, 0.5) is 0 Å². The van der Waals surface area contributed by atoms with Crippen LogP contribution in [0.1, 0.15) is 18.9 Å². The molecule has 1 amide bonds. The number of sulfone groups is 1. The van der Waals surface area contributed by atoms with Gasteiger partial charge in [-0.1, -0.05) is 28.1 Å². The molecule has 0 aliphatic carbocycles. The lowest BCUT2D eigenvalue weighted by Gasteiger charge is -2.19. The number of rotatable bonds is 8. The second-order valence-electron chi connectivity index (χ2n) is 4.78. The SMILES string of the molecule is CCN(CCC(=O)O)C(=O)CS(=O)(=O)Cc1cccc(Br)c1. The molecule has 0 bridgehead atoms. The molecule has 0 spiro atoms. The molecule has 0 atom stereocenters. The predicted molar refractivity (Wildman–Crippen MR) is 86.1 cm³/mol. The van der Waals surface area contributed by atoms with Crippen LogP contribution in [0.2, 0.25) is 0 Å². The number of hydrogen-bond donors (Lipinski definition) is 1. The molecule has 6 nitrogen and oxygen atoms in total. The summed E-state index contributed by atoms with van der Waals surface area (Å²) in [4.78, 5) is 23.8. The summed E-state index contributed by atoms with van der Waals surface area (Å²) in [5.74, 6) is -2.44. The van der Waals surface area contributed by atoms with Crippen molar-refractivity contribution in [2.75, 3.05) is 18.8 Å². The molecule has 0 saturated heterocycles. The number of halogens is 1. The third-order valence-electron chi connectivity index (χ3n) is 2.95. The Morgan fingerprint density at radius 3 is 2.55 bits per heavy atom. The van der Waals surface area contributed by atoms with Crippen LogP contribution < -0.4 is 0 Å². The van der Waals surface area contributed by atoms with Gasteiger partial charge in [0.15, 0.2) is 9.84 Å². The van der Waals surface area contributed by atoms with E-state index >= 15 is 0 Å². The summed E-state index contributed by atoms with van der Waals surface area (Å²) in [6.07, 6.45) is -0.203. The van der Waals surface area contributed by atoms with Crippen LogP contribution in [0, 0.1) is 0 Å². The van der Waals surface area contributed by atoms with Crippen molar-refractivity contribution in [1.82, 2.24) is 4.90 Å². The van der Waals surface area contributed by atoms with Crippen molar-refractivity contribution >= 4 is 37.6 Å². The molecule has 1 N–H and O–H groups in total. The first kappa shape index (κ1) is 18.6. The number of amides is 1. The second kappa shape index (κ2) is 8.28. The first-order valence-electron chi connectivity index (χ1n) is 6.68. The minimum atomic E-state index is -3.60. The summed E-state index contributed by atoms with van der Waals surface area (Å²) in [5, 5.41) is 8.63. The highest BCUT2D eigenvalue weighted by molar-refractivity contribution is 9.10. The van der Waals surface area contributed by atoms with Gasteiger partial charge in [0.25, 0.3) is 0 Å². The number of benzene rings is 1. The fourth-order valence-corrected chi connectivity index (χ4v) is 3.70. The van der Waals surface area contributed by atoms with E-state index in [2.05, 4.69) is 15.9 Å². The van der Waals surface area contributed by atoms with E-state index < -0.39 is 27.5 Å². The number of nitrogens with zero attached hydrogens (tertiary/aromatic N) is 1. The maximum absolute atomic E-state index is 12.1. The van der Waals surface area contributed by atoms with Gasteiger partial charge < -0.3 is 10.0 Å². The number of carbonyl (C=O) groups excluding carboxylic acids is 1. The van der Waals surface area contributed by atoms with Crippen LogP contribution in [0.15, 0.2) is 28.7 Å². The lowest BCUT2D eigenvalue weighted by Crippen LogP contribution is -2.37. The molecule has 1 aromatic rings. The van der Waals surface area contributed by atoms with Gasteiger partial charge in [-0.05, 0) is 24.6 Å². The average molecular weight is 392 g/mol. The van der Waals surface area contributed by atoms with Crippen LogP contribution in [0.25, 0.3) is 0 Å². The number of carboxylic acid groups (broad SMARTS) is 1. The molecule has 0 heterocycles. The van der Waals surface area contributed by atoms with Gasteiger partial charge in [-0.25, -0.2) is 8.42 Å². The zero-order valence-corrected chi connectivity index (χ0v) is 14.6. The number of carboxylic acids is 1. The molecule has 0 unspecified atom stereocenters. The predicted octanol–water partition coefficient (Wildman–Crippen LogP) is 1.69. The Labute approximate surface area is 138 Å². The minimum absolute atomic E-state index is 0.0110. The average Bonchev–Trinajstić information content (AvgIpc) is 2.37. The van der Waals surface area contributed by atoms with Crippen LogP contribution in [-0.4, -0.2) is 49.1 Å². The van der Waals surface area contributed by atoms with Crippen LogP contribution in [0.3, 0.4) is 0 Å². The zero-order valence-electron chi connectivity index (χ0n) is 12.2. The van der Waals surface area contributed by atoms with E-state index in [9.17, 15) is 18.0 Å². The van der Waals surface area contributed by atoms with Crippen LogP contribution >= 0.6 is 15.9 Å². The Hall–Kier alpha value is -1.41. The van der Waals surface area contributed by atoms with Gasteiger partial charge in [-0.2, -0.15) is 0 Å². The van der Waals surface area contributed by atoms with Gasteiger partial charge in [0.2, 0.25) is 5.91 Å². The Kier molecular flexibility index (Phi) is 7.02. The summed E-state index contributed by atoms with van der Waals surface area (Å²) in [5.41, 5.74) is 0.593. The Morgan fingerprint density at radius 2 is 2.00 bits per heavy atom. The van der Waals surface area contributed by atoms with E-state index in [0.717, 1.165) is 4.47 Å². The lowest BCUT2D eigenvalue weighted by molar-refractivity contribution is -0.138. The first-order chi connectivity index (χ1) is 10.2. The summed E-state index contributed by atoms with van der Waals surface area (Å²) in [7, 11) is -3.60. The normalized spacial score (nSPS) is 11.2. The van der Waals surface area contributed by atoms with E-state index in [-0.39, 0.29) is 25.3 Å². The van der Waals surface area contributed by atoms with Crippen molar-refractivity contribution in [1.29, 1.82) is 0 Å². The van der Waals surface area contributed by atoms with Gasteiger partial charge in [0.1, 0.15) is 5.75 Å². The molecule has 0 aromatic heterocycles. The van der Waals surface area contributed by atoms with Gasteiger partial charge in [-0.3, -0.25) is 9.59 Å². The van der Waals surface area contributed by atoms with Gasteiger partial charge in [0.05, 0.1) is 12.2 Å². The summed E-state index contributed by atoms with van der Waals surface area (Å²) < 4.78 is 25.0. The first-order valence-corrected chi connectivity index (χ1v) is 9.29. The largest absolute Gasteiger partial charge is 0.481 e. The third-order valence-corrected chi connectivity index (χ3v) is 4.90. The fraction of sp³-hybridized carbons (Fsp3) is 0.429. The second-order valence-corrected chi connectivity index (χ2v) is 7.76. The van der Waals surface area contributed by atoms with Crippen molar-refractivity contribution in [2.24, 2.45) is 0 Å². The van der Waals surface area contributed by atoms with Crippen molar-refractivity contribution < 1.29 is 23.1 Å². The van der Waals surface area contributed by atoms with Gasteiger partial charge in [0, 0.05) is 17.6 Å². The van der Waals surface area contributed by atoms with Gasteiger partial charge in [-0.15, -0.1) is 0 Å². The van der Waals surface area contributed by atoms with Crippen molar-refractivity contribution in [3.8, 4) is 0 Å². The van der Waals surface area contributed by atoms with Crippen LogP contribution in [0.5, 0.6) is 0 Å². The molecule has 0 saturated carbocycles. The molecular weight excluding hydrogens is 374 g/mol. The number of aliphatic carboxylic acids is 1. The van der Waals surface area contributed by atoms with E-state index in [0.29, 0.717) is 5.56 Å². The number of carbonyl (C=O) groups is 2. The minimum Gasteiger partial charge on any atom is -0.481 e. The highest BCUT2D eigenvalue weighted by atomic mass is 79.9. The highest BCUT2D eigenvalue weighted by Gasteiger charge is 2.22. The number of hydrogen-bond acceptors (Lipinski definition) is 4. The van der Waals surface area contributed by atoms with Crippen molar-refractivity contribution in [2.45, 2.75) is 19.1 Å². The van der Waals surface area contributed by atoms with Crippen molar-refractivity contribution in [3.63, 3.8) is 0 Å². The summed E-state index contributed by atoms with van der Waals surface area (Å²) in [6, 6.07) is 6.87. The molecule has 0 radical (unpaired) electrons. The van der Waals surface area contributed by atoms with E-state index in [4.69, 9.17) is 5.11 Å². The smallest absolute Gasteiger partial charge is 0.305 e.